The number of hydrogen-bond acceptors (Lipinski definition) is 6. The first-order valence-electron chi connectivity index (χ1n) is 11.6. The largest absolute Gasteiger partial charge is 0.426 e. The van der Waals surface area contributed by atoms with Gasteiger partial charge in [-0.3, -0.25) is 14.9 Å². The third-order valence-electron chi connectivity index (χ3n) is 5.62. The molecule has 0 bridgehead atoms. The molecule has 0 saturated heterocycles. The smallest absolute Gasteiger partial charge is 0.416 e. The first-order chi connectivity index (χ1) is 17.1. The van der Waals surface area contributed by atoms with Gasteiger partial charge in [-0.05, 0) is 30.7 Å². The van der Waals surface area contributed by atoms with Crippen molar-refractivity contribution < 1.29 is 27.6 Å². The molecule has 0 spiro atoms. The SMILES string of the molecule is CCCCCCCC(=O)Oc1cc(C(F)(F)F)ccc1-c1cn(-c2cc([N+](=O)[O-])ccc2NC)cn1. The minimum absolute atomic E-state index is 0.0903. The summed E-state index contributed by atoms with van der Waals surface area (Å²) < 4.78 is 46.9. The van der Waals surface area contributed by atoms with Crippen molar-refractivity contribution in [2.24, 2.45) is 0 Å². The highest BCUT2D eigenvalue weighted by atomic mass is 19.4. The van der Waals surface area contributed by atoms with E-state index in [1.54, 1.807) is 13.1 Å². The number of alkyl halides is 3. The molecule has 3 rings (SSSR count). The van der Waals surface area contributed by atoms with Crippen LogP contribution >= 0.6 is 0 Å². The van der Waals surface area contributed by atoms with Crippen molar-refractivity contribution in [3.8, 4) is 22.7 Å². The summed E-state index contributed by atoms with van der Waals surface area (Å²) in [4.78, 5) is 27.3. The average Bonchev–Trinajstić information content (AvgIpc) is 3.32. The Bertz CT molecular complexity index is 1220. The van der Waals surface area contributed by atoms with E-state index in [-0.39, 0.29) is 29.1 Å². The van der Waals surface area contributed by atoms with E-state index in [9.17, 15) is 28.1 Å². The van der Waals surface area contributed by atoms with E-state index in [4.69, 9.17) is 4.74 Å². The summed E-state index contributed by atoms with van der Waals surface area (Å²) in [5.74, 6) is -0.871. The highest BCUT2D eigenvalue weighted by Gasteiger charge is 2.32. The van der Waals surface area contributed by atoms with Crippen LogP contribution in [-0.4, -0.2) is 27.5 Å². The molecule has 1 aromatic heterocycles. The summed E-state index contributed by atoms with van der Waals surface area (Å²) >= 11 is 0. The topological polar surface area (TPSA) is 99.3 Å². The van der Waals surface area contributed by atoms with E-state index in [2.05, 4.69) is 17.2 Å². The number of rotatable bonds is 11. The second kappa shape index (κ2) is 11.7. The van der Waals surface area contributed by atoms with E-state index in [0.29, 0.717) is 17.8 Å². The van der Waals surface area contributed by atoms with Crippen molar-refractivity contribution in [3.63, 3.8) is 0 Å². The molecule has 0 aliphatic rings. The van der Waals surface area contributed by atoms with Gasteiger partial charge in [0.05, 0.1) is 33.9 Å². The van der Waals surface area contributed by atoms with Crippen molar-refractivity contribution >= 4 is 17.3 Å². The lowest BCUT2D eigenvalue weighted by atomic mass is 10.1. The number of ether oxygens (including phenoxy) is 1. The molecule has 3 aromatic rings. The monoisotopic (exact) mass is 504 g/mol. The van der Waals surface area contributed by atoms with Crippen LogP contribution < -0.4 is 10.1 Å². The molecule has 0 amide bonds. The Morgan fingerprint density at radius 2 is 1.89 bits per heavy atom. The number of anilines is 1. The number of esters is 1. The standard InChI is InChI=1S/C25H27F3N4O4/c1-3-4-5-6-7-8-24(33)36-23-13-17(25(26,27)28)9-11-19(23)21-15-31(16-30-21)22-14-18(32(34)35)10-12-20(22)29-2/h9-16,29H,3-8H2,1-2H3. The molecule has 1 heterocycles. The van der Waals surface area contributed by atoms with Crippen LogP contribution in [0.2, 0.25) is 0 Å². The number of imidazole rings is 1. The number of carbonyl (C=O) groups is 1. The second-order valence-corrected chi connectivity index (χ2v) is 8.22. The van der Waals surface area contributed by atoms with E-state index < -0.39 is 22.6 Å². The Morgan fingerprint density at radius 3 is 2.56 bits per heavy atom. The minimum atomic E-state index is -4.62. The summed E-state index contributed by atoms with van der Waals surface area (Å²) in [6.07, 6.45) is 2.85. The lowest BCUT2D eigenvalue weighted by Gasteiger charge is -2.13. The quantitative estimate of drug-likeness (QED) is 0.102. The van der Waals surface area contributed by atoms with Crippen molar-refractivity contribution in [2.75, 3.05) is 12.4 Å². The lowest BCUT2D eigenvalue weighted by Crippen LogP contribution is -2.11. The summed E-state index contributed by atoms with van der Waals surface area (Å²) in [6.45, 7) is 2.07. The van der Waals surface area contributed by atoms with Gasteiger partial charge in [-0.2, -0.15) is 13.2 Å². The Balaban J connectivity index is 1.93. The fraction of sp³-hybridized carbons (Fsp3) is 0.360. The number of aromatic nitrogens is 2. The lowest BCUT2D eigenvalue weighted by molar-refractivity contribution is -0.384. The van der Waals surface area contributed by atoms with Crippen LogP contribution in [0, 0.1) is 10.1 Å². The Labute approximate surface area is 206 Å². The molecular formula is C25H27F3N4O4. The number of nitro benzene ring substituents is 1. The van der Waals surface area contributed by atoms with E-state index >= 15 is 0 Å². The molecule has 0 saturated carbocycles. The summed E-state index contributed by atoms with van der Waals surface area (Å²) in [6, 6.07) is 7.12. The maximum atomic E-state index is 13.4. The van der Waals surface area contributed by atoms with Gasteiger partial charge in [-0.15, -0.1) is 0 Å². The molecule has 0 aliphatic carbocycles. The molecule has 0 aliphatic heterocycles. The molecule has 0 fully saturated rings. The van der Waals surface area contributed by atoms with Gasteiger partial charge in [0.2, 0.25) is 0 Å². The predicted octanol–water partition coefficient (Wildman–Crippen LogP) is 6.77. The number of carbonyl (C=O) groups excluding carboxylic acids is 1. The third kappa shape index (κ3) is 6.61. The van der Waals surface area contributed by atoms with Gasteiger partial charge in [0.1, 0.15) is 5.75 Å². The first kappa shape index (κ1) is 26.7. The maximum absolute atomic E-state index is 13.4. The van der Waals surface area contributed by atoms with Crippen LogP contribution in [0.4, 0.5) is 24.5 Å². The van der Waals surface area contributed by atoms with Crippen LogP contribution in [0.5, 0.6) is 5.75 Å². The third-order valence-corrected chi connectivity index (χ3v) is 5.62. The zero-order valence-corrected chi connectivity index (χ0v) is 20.0. The molecule has 8 nitrogen and oxygen atoms in total. The van der Waals surface area contributed by atoms with E-state index in [1.807, 2.05) is 0 Å². The van der Waals surface area contributed by atoms with Gasteiger partial charge >= 0.3 is 12.1 Å². The molecule has 0 atom stereocenters. The highest BCUT2D eigenvalue weighted by Crippen LogP contribution is 2.37. The van der Waals surface area contributed by atoms with Gasteiger partial charge in [0, 0.05) is 37.4 Å². The maximum Gasteiger partial charge on any atom is 0.416 e. The normalized spacial score (nSPS) is 11.4. The Hall–Kier alpha value is -3.89. The van der Waals surface area contributed by atoms with Crippen molar-refractivity contribution in [3.05, 3.63) is 64.6 Å². The van der Waals surface area contributed by atoms with E-state index in [0.717, 1.165) is 37.8 Å². The number of benzene rings is 2. The zero-order valence-electron chi connectivity index (χ0n) is 20.0. The molecule has 192 valence electrons. The van der Waals surface area contributed by atoms with Gasteiger partial charge < -0.3 is 14.6 Å². The summed E-state index contributed by atoms with van der Waals surface area (Å²) in [5.41, 5.74) is 0.338. The van der Waals surface area contributed by atoms with Crippen LogP contribution in [0.15, 0.2) is 48.9 Å². The predicted molar refractivity (Wildman–Crippen MR) is 129 cm³/mol. The zero-order chi connectivity index (χ0) is 26.3. The molecule has 36 heavy (non-hydrogen) atoms. The van der Waals surface area contributed by atoms with Crippen LogP contribution in [0.3, 0.4) is 0 Å². The summed E-state index contributed by atoms with van der Waals surface area (Å²) in [5, 5.41) is 14.2. The number of non-ortho nitro benzene ring substituents is 1. The Kier molecular flexibility index (Phi) is 8.68. The van der Waals surface area contributed by atoms with Gasteiger partial charge in [0.25, 0.3) is 5.69 Å². The fourth-order valence-electron chi connectivity index (χ4n) is 3.69. The van der Waals surface area contributed by atoms with Crippen LogP contribution in [0.1, 0.15) is 51.0 Å². The van der Waals surface area contributed by atoms with Gasteiger partial charge in [-0.1, -0.05) is 32.6 Å². The van der Waals surface area contributed by atoms with Crippen molar-refractivity contribution in [1.29, 1.82) is 0 Å². The molecule has 1 N–H and O–H groups in total. The number of hydrogen-bond donors (Lipinski definition) is 1. The van der Waals surface area contributed by atoms with Gasteiger partial charge in [-0.25, -0.2) is 4.98 Å². The number of nitrogens with one attached hydrogen (secondary N) is 1. The minimum Gasteiger partial charge on any atom is -0.426 e. The summed E-state index contributed by atoms with van der Waals surface area (Å²) in [7, 11) is 1.65. The molecule has 0 radical (unpaired) electrons. The molecular weight excluding hydrogens is 477 g/mol. The van der Waals surface area contributed by atoms with Crippen LogP contribution in [-0.2, 0) is 11.0 Å². The van der Waals surface area contributed by atoms with Crippen LogP contribution in [0.25, 0.3) is 16.9 Å². The van der Waals surface area contributed by atoms with Crippen molar-refractivity contribution in [2.45, 2.75) is 51.6 Å². The second-order valence-electron chi connectivity index (χ2n) is 8.22. The van der Waals surface area contributed by atoms with Crippen molar-refractivity contribution in [1.82, 2.24) is 9.55 Å². The molecule has 2 aromatic carbocycles. The number of nitro groups is 1. The number of halogens is 3. The fourth-order valence-corrected chi connectivity index (χ4v) is 3.69. The van der Waals surface area contributed by atoms with E-state index in [1.165, 1.54) is 35.3 Å². The van der Waals surface area contributed by atoms with Gasteiger partial charge in [0.15, 0.2) is 0 Å². The average molecular weight is 505 g/mol. The first-order valence-corrected chi connectivity index (χ1v) is 11.6. The number of nitrogens with zero attached hydrogens (tertiary/aromatic N) is 3. The molecule has 0 unspecified atom stereocenters. The Morgan fingerprint density at radius 1 is 1.14 bits per heavy atom. The molecule has 11 heteroatoms. The number of unbranched alkanes of at least 4 members (excludes halogenated alkanes) is 4. The highest BCUT2D eigenvalue weighted by molar-refractivity contribution is 5.77.